The summed E-state index contributed by atoms with van der Waals surface area (Å²) >= 11 is 1.23. The van der Waals surface area contributed by atoms with E-state index in [-0.39, 0.29) is 30.0 Å². The fourth-order valence-electron chi connectivity index (χ4n) is 3.41. The van der Waals surface area contributed by atoms with Crippen molar-refractivity contribution < 1.29 is 23.9 Å². The highest BCUT2D eigenvalue weighted by Crippen LogP contribution is 2.28. The van der Waals surface area contributed by atoms with E-state index < -0.39 is 0 Å². The Morgan fingerprint density at radius 3 is 2.41 bits per heavy atom. The van der Waals surface area contributed by atoms with Gasteiger partial charge in [-0.15, -0.1) is 10.2 Å². The third kappa shape index (κ3) is 7.23. The number of thioether (sulfide) groups is 1. The number of nitrogens with zero attached hydrogens (tertiary/aromatic N) is 3. The Bertz CT molecular complexity index is 1260. The molecule has 12 heteroatoms. The van der Waals surface area contributed by atoms with Crippen LogP contribution < -0.4 is 25.4 Å². The molecule has 1 aromatic heterocycles. The van der Waals surface area contributed by atoms with E-state index in [1.54, 1.807) is 49.4 Å². The van der Waals surface area contributed by atoms with E-state index >= 15 is 0 Å². The number of ether oxygens (including phenoxy) is 2. The number of benzene rings is 2. The molecule has 196 valence electrons. The second kappa shape index (κ2) is 13.3. The van der Waals surface area contributed by atoms with Crippen molar-refractivity contribution >= 4 is 40.9 Å². The van der Waals surface area contributed by atoms with Gasteiger partial charge in [0.2, 0.25) is 11.8 Å². The normalized spacial score (nSPS) is 10.5. The average Bonchev–Trinajstić information content (AvgIpc) is 3.32. The van der Waals surface area contributed by atoms with Crippen molar-refractivity contribution in [2.75, 3.05) is 30.6 Å². The SMILES string of the molecule is CCC(=O)Nc1cc(NC(=O)CSc2nnc(CNC(=O)c3ccccc3OC)n2CC)ccc1OC. The van der Waals surface area contributed by atoms with E-state index in [0.717, 1.165) is 0 Å². The molecule has 3 amide bonds. The molecule has 3 rings (SSSR count). The number of carbonyl (C=O) groups is 3. The molecule has 0 atom stereocenters. The summed E-state index contributed by atoms with van der Waals surface area (Å²) in [6, 6.07) is 12.0. The van der Waals surface area contributed by atoms with Gasteiger partial charge in [-0.2, -0.15) is 0 Å². The van der Waals surface area contributed by atoms with Gasteiger partial charge in [0.25, 0.3) is 5.91 Å². The summed E-state index contributed by atoms with van der Waals surface area (Å²) in [5.41, 5.74) is 1.43. The molecule has 0 saturated heterocycles. The summed E-state index contributed by atoms with van der Waals surface area (Å²) in [4.78, 5) is 37.0. The summed E-state index contributed by atoms with van der Waals surface area (Å²) in [6.07, 6.45) is 0.320. The molecule has 3 N–H and O–H groups in total. The molecule has 3 aromatic rings. The lowest BCUT2D eigenvalue weighted by molar-refractivity contribution is -0.116. The quantitative estimate of drug-likeness (QED) is 0.306. The van der Waals surface area contributed by atoms with Crippen LogP contribution in [0.3, 0.4) is 0 Å². The van der Waals surface area contributed by atoms with Gasteiger partial charge >= 0.3 is 0 Å². The van der Waals surface area contributed by atoms with Gasteiger partial charge in [0.05, 0.1) is 37.8 Å². The van der Waals surface area contributed by atoms with Gasteiger partial charge in [-0.25, -0.2) is 0 Å². The third-order valence-corrected chi connectivity index (χ3v) is 6.25. The fraction of sp³-hybridized carbons (Fsp3) is 0.320. The monoisotopic (exact) mass is 526 g/mol. The Hall–Kier alpha value is -4.06. The fourth-order valence-corrected chi connectivity index (χ4v) is 4.23. The largest absolute Gasteiger partial charge is 0.496 e. The van der Waals surface area contributed by atoms with Gasteiger partial charge in [0.1, 0.15) is 11.5 Å². The molecule has 11 nitrogen and oxygen atoms in total. The van der Waals surface area contributed by atoms with Crippen molar-refractivity contribution in [1.82, 2.24) is 20.1 Å². The van der Waals surface area contributed by atoms with Crippen LogP contribution in [0.4, 0.5) is 11.4 Å². The molecular weight excluding hydrogens is 496 g/mol. The number of amides is 3. The molecule has 0 unspecified atom stereocenters. The molecule has 0 saturated carbocycles. The molecule has 0 aliphatic carbocycles. The van der Waals surface area contributed by atoms with Gasteiger partial charge < -0.3 is 30.0 Å². The smallest absolute Gasteiger partial charge is 0.255 e. The zero-order valence-electron chi connectivity index (χ0n) is 21.2. The van der Waals surface area contributed by atoms with Crippen molar-refractivity contribution in [3.8, 4) is 11.5 Å². The van der Waals surface area contributed by atoms with Crippen molar-refractivity contribution in [2.45, 2.75) is 38.5 Å². The summed E-state index contributed by atoms with van der Waals surface area (Å²) < 4.78 is 12.4. The number of methoxy groups -OCH3 is 2. The van der Waals surface area contributed by atoms with Crippen LogP contribution in [0.2, 0.25) is 0 Å². The van der Waals surface area contributed by atoms with E-state index in [9.17, 15) is 14.4 Å². The topological polar surface area (TPSA) is 136 Å². The van der Waals surface area contributed by atoms with Gasteiger partial charge in [-0.05, 0) is 37.3 Å². The standard InChI is InChI=1S/C25H30N6O5S/c1-5-22(32)28-18-13-16(11-12-20(18)36-4)27-23(33)15-37-25-30-29-21(31(25)6-2)14-26-24(34)17-9-7-8-10-19(17)35-3/h7-13H,5-6,14-15H2,1-4H3,(H,26,34)(H,27,33)(H,28,32). The van der Waals surface area contributed by atoms with Crippen LogP contribution in [0.15, 0.2) is 47.6 Å². The van der Waals surface area contributed by atoms with Crippen LogP contribution in [0.5, 0.6) is 11.5 Å². The molecule has 2 aromatic carbocycles. The summed E-state index contributed by atoms with van der Waals surface area (Å²) in [6.45, 7) is 4.42. The minimum Gasteiger partial charge on any atom is -0.496 e. The molecule has 37 heavy (non-hydrogen) atoms. The predicted molar refractivity (Wildman–Crippen MR) is 141 cm³/mol. The van der Waals surface area contributed by atoms with Crippen LogP contribution in [-0.2, 0) is 22.7 Å². The summed E-state index contributed by atoms with van der Waals surface area (Å²) in [7, 11) is 3.02. The maximum Gasteiger partial charge on any atom is 0.255 e. The van der Waals surface area contributed by atoms with Crippen LogP contribution in [0.1, 0.15) is 36.5 Å². The number of carbonyl (C=O) groups excluding carboxylic acids is 3. The van der Waals surface area contributed by atoms with Gasteiger partial charge in [-0.3, -0.25) is 14.4 Å². The second-order valence-electron chi connectivity index (χ2n) is 7.68. The van der Waals surface area contributed by atoms with E-state index in [1.165, 1.54) is 26.0 Å². The second-order valence-corrected chi connectivity index (χ2v) is 8.62. The van der Waals surface area contributed by atoms with Crippen LogP contribution in [-0.4, -0.2) is 52.5 Å². The molecule has 0 fully saturated rings. The molecule has 0 bridgehead atoms. The van der Waals surface area contributed by atoms with Crippen molar-refractivity contribution in [2.24, 2.45) is 0 Å². The Morgan fingerprint density at radius 1 is 0.946 bits per heavy atom. The van der Waals surface area contributed by atoms with Crippen molar-refractivity contribution in [3.05, 3.63) is 53.9 Å². The Labute approximate surface area is 219 Å². The molecule has 0 aliphatic heterocycles. The van der Waals surface area contributed by atoms with Crippen LogP contribution >= 0.6 is 11.8 Å². The van der Waals surface area contributed by atoms with Crippen LogP contribution in [0.25, 0.3) is 0 Å². The van der Waals surface area contributed by atoms with Gasteiger partial charge in [-0.1, -0.05) is 30.8 Å². The lowest BCUT2D eigenvalue weighted by Gasteiger charge is -2.12. The number of hydrogen-bond donors (Lipinski definition) is 3. The van der Waals surface area contributed by atoms with E-state index in [4.69, 9.17) is 9.47 Å². The highest BCUT2D eigenvalue weighted by molar-refractivity contribution is 7.99. The minimum atomic E-state index is -0.286. The van der Waals surface area contributed by atoms with Gasteiger partial charge in [0.15, 0.2) is 11.0 Å². The zero-order valence-corrected chi connectivity index (χ0v) is 22.0. The number of hydrogen-bond acceptors (Lipinski definition) is 8. The number of aromatic nitrogens is 3. The first kappa shape index (κ1) is 27.5. The number of rotatable bonds is 12. The zero-order chi connectivity index (χ0) is 26.8. The molecule has 1 heterocycles. The molecule has 0 aliphatic rings. The van der Waals surface area contributed by atoms with E-state index in [1.807, 2.05) is 11.5 Å². The first-order valence-electron chi connectivity index (χ1n) is 11.6. The Kier molecular flexibility index (Phi) is 9.90. The third-order valence-electron chi connectivity index (χ3n) is 5.28. The lowest BCUT2D eigenvalue weighted by atomic mass is 10.2. The Balaban J connectivity index is 1.60. The Morgan fingerprint density at radius 2 is 1.70 bits per heavy atom. The van der Waals surface area contributed by atoms with Crippen molar-refractivity contribution in [3.63, 3.8) is 0 Å². The number of para-hydroxylation sites is 1. The summed E-state index contributed by atoms with van der Waals surface area (Å²) in [5.74, 6) is 0.942. The van der Waals surface area contributed by atoms with Gasteiger partial charge in [0, 0.05) is 18.7 Å². The van der Waals surface area contributed by atoms with E-state index in [2.05, 4.69) is 26.1 Å². The number of nitrogens with one attached hydrogen (secondary N) is 3. The highest BCUT2D eigenvalue weighted by Gasteiger charge is 2.16. The van der Waals surface area contributed by atoms with Crippen molar-refractivity contribution in [1.29, 1.82) is 0 Å². The maximum absolute atomic E-state index is 12.6. The first-order valence-corrected chi connectivity index (χ1v) is 12.6. The first-order chi connectivity index (χ1) is 17.9. The lowest BCUT2D eigenvalue weighted by Crippen LogP contribution is -2.25. The molecule has 0 spiro atoms. The average molecular weight is 527 g/mol. The maximum atomic E-state index is 12.6. The number of anilines is 2. The minimum absolute atomic E-state index is 0.0917. The molecular formula is C25H30N6O5S. The summed E-state index contributed by atoms with van der Waals surface area (Å²) in [5, 5.41) is 17.3. The van der Waals surface area contributed by atoms with Crippen LogP contribution in [0, 0.1) is 0 Å². The van der Waals surface area contributed by atoms with E-state index in [0.29, 0.717) is 52.4 Å². The molecule has 0 radical (unpaired) electrons. The highest BCUT2D eigenvalue weighted by atomic mass is 32.2. The predicted octanol–water partition coefficient (Wildman–Crippen LogP) is 3.32.